The Morgan fingerprint density at radius 2 is 0.426 bits per heavy atom. The second-order valence-corrected chi connectivity index (χ2v) is 28.3. The van der Waals surface area contributed by atoms with Crippen LogP contribution in [0.15, 0.2) is 413 Å². The average Bonchev–Trinajstić information content (AvgIpc) is 0.833. The highest BCUT2D eigenvalue weighted by molar-refractivity contribution is 7.00. The van der Waals surface area contributed by atoms with Crippen LogP contribution in [-0.2, 0) is 0 Å². The highest BCUT2D eigenvalue weighted by Gasteiger charge is 2.45. The molecule has 0 saturated heterocycles. The van der Waals surface area contributed by atoms with Gasteiger partial charge in [0.1, 0.15) is 0 Å². The molecule has 504 valence electrons. The molecule has 21 rings (SSSR count). The molecule has 2 aromatic heterocycles. The molecule has 108 heavy (non-hydrogen) atoms. The van der Waals surface area contributed by atoms with Crippen LogP contribution in [0, 0.1) is 0 Å². The van der Waals surface area contributed by atoms with Crippen molar-refractivity contribution >= 4 is 118 Å². The molecule has 0 amide bonds. The van der Waals surface area contributed by atoms with Crippen LogP contribution in [0.3, 0.4) is 0 Å². The first-order valence-corrected chi connectivity index (χ1v) is 37.2. The lowest BCUT2D eigenvalue weighted by Gasteiger charge is -2.45. The van der Waals surface area contributed by atoms with E-state index in [1.807, 2.05) is 0 Å². The Morgan fingerprint density at radius 3 is 0.722 bits per heavy atom. The van der Waals surface area contributed by atoms with Crippen LogP contribution in [-0.4, -0.2) is 15.8 Å². The summed E-state index contributed by atoms with van der Waals surface area (Å²) in [5.41, 5.74) is 33.8. The quantitative estimate of drug-likeness (QED) is 0.107. The van der Waals surface area contributed by atoms with Crippen molar-refractivity contribution in [1.82, 2.24) is 9.13 Å². The Labute approximate surface area is 628 Å². The van der Waals surface area contributed by atoms with E-state index in [0.717, 1.165) is 107 Å². The molecule has 0 N–H and O–H groups in total. The van der Waals surface area contributed by atoms with Crippen LogP contribution in [0.25, 0.3) is 122 Å². The van der Waals surface area contributed by atoms with Gasteiger partial charge in [-0.05, 0) is 204 Å². The summed E-state index contributed by atoms with van der Waals surface area (Å²) in [6.45, 7) is -0.266. The Balaban J connectivity index is 0.879. The van der Waals surface area contributed by atoms with Crippen molar-refractivity contribution < 1.29 is 0 Å². The maximum atomic E-state index is 2.62. The molecule has 0 bridgehead atoms. The second-order valence-electron chi connectivity index (χ2n) is 28.3. The minimum atomic E-state index is -0.266. The predicted octanol–water partition coefficient (Wildman–Crippen LogP) is 25.4. The summed E-state index contributed by atoms with van der Waals surface area (Å²) in [6.07, 6.45) is 0. The first kappa shape index (κ1) is 62.4. The molecule has 2 aliphatic rings. The lowest BCUT2D eigenvalue weighted by molar-refractivity contribution is 1.14. The van der Waals surface area contributed by atoms with Gasteiger partial charge >= 0.3 is 0 Å². The molecule has 2 aliphatic heterocycles. The maximum absolute atomic E-state index is 2.62. The molecule has 0 unspecified atom stereocenters. The molecule has 0 radical (unpaired) electrons. The highest BCUT2D eigenvalue weighted by Crippen LogP contribution is 2.53. The summed E-state index contributed by atoms with van der Waals surface area (Å²) in [5, 5.41) is 4.73. The number of aromatic nitrogens is 2. The van der Waals surface area contributed by atoms with E-state index in [9.17, 15) is 0 Å². The third-order valence-electron chi connectivity index (χ3n) is 22.2. The fourth-order valence-electron chi connectivity index (χ4n) is 17.4. The number of hydrogen-bond donors (Lipinski definition) is 0. The van der Waals surface area contributed by atoms with Gasteiger partial charge in [0.2, 0.25) is 0 Å². The van der Waals surface area contributed by atoms with Gasteiger partial charge in [-0.3, -0.25) is 0 Å². The van der Waals surface area contributed by atoms with Gasteiger partial charge in [0.15, 0.2) is 0 Å². The third-order valence-corrected chi connectivity index (χ3v) is 22.2. The summed E-state index contributed by atoms with van der Waals surface area (Å²) >= 11 is 0. The van der Waals surface area contributed by atoms with E-state index in [2.05, 4.69) is 436 Å². The maximum Gasteiger partial charge on any atom is 0.252 e. The minimum Gasteiger partial charge on any atom is -0.310 e. The summed E-state index contributed by atoms with van der Waals surface area (Å²) < 4.78 is 5.07. The third kappa shape index (κ3) is 10.4. The topological polar surface area (TPSA) is 19.6 Å². The first-order valence-electron chi connectivity index (χ1n) is 37.2. The average molecular weight is 1370 g/mol. The van der Waals surface area contributed by atoms with Crippen molar-refractivity contribution in [3.63, 3.8) is 0 Å². The van der Waals surface area contributed by atoms with Crippen LogP contribution in [0.2, 0.25) is 0 Å². The van der Waals surface area contributed by atoms with Crippen LogP contribution in [0.1, 0.15) is 0 Å². The van der Waals surface area contributed by atoms with Crippen LogP contribution in [0.5, 0.6) is 0 Å². The zero-order chi connectivity index (χ0) is 71.2. The number of rotatable bonds is 13. The molecule has 0 atom stereocenters. The van der Waals surface area contributed by atoms with Gasteiger partial charge in [0.05, 0.1) is 50.5 Å². The van der Waals surface area contributed by atoms with Gasteiger partial charge in [0, 0.05) is 55.7 Å². The van der Waals surface area contributed by atoms with E-state index >= 15 is 0 Å². The van der Waals surface area contributed by atoms with Crippen molar-refractivity contribution in [2.24, 2.45) is 0 Å². The lowest BCUT2D eigenvalue weighted by Crippen LogP contribution is -2.61. The molecule has 0 saturated carbocycles. The number of benzene rings is 17. The Bertz CT molecular complexity index is 6070. The Kier molecular flexibility index (Phi) is 15.0. The van der Waals surface area contributed by atoms with Gasteiger partial charge in [-0.25, -0.2) is 0 Å². The van der Waals surface area contributed by atoms with E-state index in [1.54, 1.807) is 0 Å². The van der Waals surface area contributed by atoms with Gasteiger partial charge in [-0.1, -0.05) is 291 Å². The zero-order valence-electron chi connectivity index (χ0n) is 59.1. The fourth-order valence-corrected chi connectivity index (χ4v) is 17.4. The molecule has 6 heteroatoms. The van der Waals surface area contributed by atoms with Gasteiger partial charge in [0.25, 0.3) is 6.71 Å². The normalized spacial score (nSPS) is 12.2. The van der Waals surface area contributed by atoms with Crippen molar-refractivity contribution in [3.8, 4) is 78.1 Å². The van der Waals surface area contributed by atoms with E-state index < -0.39 is 0 Å². The molecule has 17 aromatic carbocycles. The van der Waals surface area contributed by atoms with Gasteiger partial charge in [-0.2, -0.15) is 0 Å². The van der Waals surface area contributed by atoms with E-state index in [4.69, 9.17) is 0 Å². The molecule has 5 nitrogen and oxygen atoms in total. The Hall–Kier alpha value is -14.2. The van der Waals surface area contributed by atoms with E-state index in [-0.39, 0.29) is 6.71 Å². The molecular weight excluding hydrogens is 1310 g/mol. The molecule has 0 spiro atoms. The SMILES string of the molecule is c1ccc(-c2ccc3c(c2)B2c4cc(-c5ccccc5)ccc4N(c4ccccc4-n4c5ccc(-c6ccccc6)cc5c5cc(-c6ccccc6)ccc54)c4cc(N(c5ccccc5)c5ccccc5)cc(c42)N3c2ccccc2-n2c3ccc(-c4ccccc4)cc3c3cc(-c4ccccc4)ccc32)cc1. The van der Waals surface area contributed by atoms with Gasteiger partial charge < -0.3 is 23.8 Å². The van der Waals surface area contributed by atoms with Crippen LogP contribution >= 0.6 is 0 Å². The lowest BCUT2D eigenvalue weighted by atomic mass is 9.33. The summed E-state index contributed by atoms with van der Waals surface area (Å²) in [4.78, 5) is 7.70. The number of hydrogen-bond acceptors (Lipinski definition) is 3. The smallest absolute Gasteiger partial charge is 0.252 e. The second kappa shape index (κ2) is 25.9. The fraction of sp³-hybridized carbons (Fsp3) is 0. The molecule has 4 heterocycles. The molecule has 0 fully saturated rings. The van der Waals surface area contributed by atoms with Crippen LogP contribution < -0.4 is 31.1 Å². The predicted molar refractivity (Wildman–Crippen MR) is 456 cm³/mol. The number of fused-ring (bicyclic) bond motifs is 10. The van der Waals surface area contributed by atoms with Crippen molar-refractivity contribution in [1.29, 1.82) is 0 Å². The standard InChI is InChI=1S/C102H68BN5/c1-9-29-69(30-10-1)75-49-55-90-84(61-75)85-62-76(70-31-11-2-12-32-70)50-56-91(85)105(90)96-45-25-27-47-98(96)107-94-59-53-79(73-37-17-5-18-38-73)65-88(94)103-89-66-80(74-39-19-6-20-40-74)54-60-95(89)108(101-68-83(67-100(107)102(101)103)104(81-41-21-7-22-42-81)82-43-23-8-24-44-82)99-48-28-26-46-97(99)106-92-57-51-77(71-33-13-3-14-34-71)63-86(92)87-64-78(52-58-93(87)106)72-35-15-4-16-36-72/h1-68H. The zero-order valence-corrected chi connectivity index (χ0v) is 59.1. The monoisotopic (exact) mass is 1370 g/mol. The Morgan fingerprint density at radius 1 is 0.176 bits per heavy atom. The number of para-hydroxylation sites is 6. The van der Waals surface area contributed by atoms with Crippen molar-refractivity contribution in [2.45, 2.75) is 0 Å². The number of anilines is 9. The largest absolute Gasteiger partial charge is 0.310 e. The van der Waals surface area contributed by atoms with Crippen molar-refractivity contribution in [2.75, 3.05) is 14.7 Å². The highest BCUT2D eigenvalue weighted by atomic mass is 15.2. The summed E-state index contributed by atoms with van der Waals surface area (Å²) in [5.74, 6) is 0. The van der Waals surface area contributed by atoms with E-state index in [0.29, 0.717) is 0 Å². The molecular formula is C102H68BN5. The minimum absolute atomic E-state index is 0.266. The van der Waals surface area contributed by atoms with Crippen LogP contribution in [0.4, 0.5) is 51.2 Å². The molecule has 0 aliphatic carbocycles. The molecule has 19 aromatic rings. The van der Waals surface area contributed by atoms with Crippen molar-refractivity contribution in [3.05, 3.63) is 413 Å². The van der Waals surface area contributed by atoms with Gasteiger partial charge in [-0.15, -0.1) is 0 Å². The number of nitrogens with zero attached hydrogens (tertiary/aromatic N) is 5. The van der Waals surface area contributed by atoms with E-state index in [1.165, 1.54) is 82.4 Å². The first-order chi connectivity index (χ1) is 53.6. The summed E-state index contributed by atoms with van der Waals surface area (Å²) in [6, 6.07) is 153. The summed E-state index contributed by atoms with van der Waals surface area (Å²) in [7, 11) is 0.